The molecule has 3 aromatic carbocycles. The second-order valence-corrected chi connectivity index (χ2v) is 7.03. The molecule has 3 N–H and O–H groups in total. The lowest BCUT2D eigenvalue weighted by Crippen LogP contribution is -2.32. The highest BCUT2D eigenvalue weighted by Gasteiger charge is 2.19. The zero-order valence-corrected chi connectivity index (χ0v) is 15.9. The fraction of sp³-hybridized carbons (Fsp3) is 0.0870. The van der Waals surface area contributed by atoms with Gasteiger partial charge in [-0.15, -0.1) is 0 Å². The predicted molar refractivity (Wildman–Crippen MR) is 115 cm³/mol. The molecule has 1 atom stereocenters. The van der Waals surface area contributed by atoms with E-state index in [1.165, 1.54) is 0 Å². The van der Waals surface area contributed by atoms with Gasteiger partial charge in [-0.3, -0.25) is 0 Å². The van der Waals surface area contributed by atoms with Crippen molar-refractivity contribution in [3.63, 3.8) is 0 Å². The Balaban J connectivity index is 1.56. The third-order valence-corrected chi connectivity index (χ3v) is 4.98. The van der Waals surface area contributed by atoms with E-state index in [2.05, 4.69) is 39.9 Å². The molecule has 28 heavy (non-hydrogen) atoms. The van der Waals surface area contributed by atoms with Gasteiger partial charge in [0.15, 0.2) is 0 Å². The number of amides is 2. The average molecular weight is 390 g/mol. The predicted octanol–water partition coefficient (Wildman–Crippen LogP) is 5.77. The van der Waals surface area contributed by atoms with E-state index >= 15 is 0 Å². The molecular weight excluding hydrogens is 370 g/mol. The molecule has 0 saturated carbocycles. The van der Waals surface area contributed by atoms with Gasteiger partial charge in [0, 0.05) is 40.3 Å². The van der Waals surface area contributed by atoms with Crippen molar-refractivity contribution in [2.24, 2.45) is 0 Å². The Hall–Kier alpha value is -3.24. The third-order valence-electron chi connectivity index (χ3n) is 4.75. The lowest BCUT2D eigenvalue weighted by atomic mass is 9.91. The Labute approximate surface area is 168 Å². The van der Waals surface area contributed by atoms with Crippen LogP contribution in [0.3, 0.4) is 0 Å². The molecule has 1 aromatic heterocycles. The third kappa shape index (κ3) is 4.02. The highest BCUT2D eigenvalue weighted by molar-refractivity contribution is 6.30. The van der Waals surface area contributed by atoms with Crippen LogP contribution in [0.1, 0.15) is 17.0 Å². The molecule has 4 aromatic rings. The molecule has 0 spiro atoms. The van der Waals surface area contributed by atoms with Crippen LogP contribution in [-0.2, 0) is 0 Å². The van der Waals surface area contributed by atoms with Crippen molar-refractivity contribution in [1.82, 2.24) is 10.3 Å². The molecule has 0 unspecified atom stereocenters. The second-order valence-electron chi connectivity index (χ2n) is 6.60. The van der Waals surface area contributed by atoms with Gasteiger partial charge < -0.3 is 15.6 Å². The highest BCUT2D eigenvalue weighted by Crippen LogP contribution is 2.30. The molecule has 0 bridgehead atoms. The number of rotatable bonds is 5. The van der Waals surface area contributed by atoms with E-state index < -0.39 is 0 Å². The highest BCUT2D eigenvalue weighted by atomic mass is 35.5. The topological polar surface area (TPSA) is 56.9 Å². The summed E-state index contributed by atoms with van der Waals surface area (Å²) in [5.74, 6) is 0.0301. The van der Waals surface area contributed by atoms with Gasteiger partial charge in [-0.25, -0.2) is 4.79 Å². The summed E-state index contributed by atoms with van der Waals surface area (Å²) in [4.78, 5) is 15.7. The molecule has 0 fully saturated rings. The Morgan fingerprint density at radius 1 is 0.964 bits per heavy atom. The first kappa shape index (κ1) is 18.1. The fourth-order valence-electron chi connectivity index (χ4n) is 3.41. The Morgan fingerprint density at radius 3 is 2.57 bits per heavy atom. The molecule has 0 aliphatic carbocycles. The summed E-state index contributed by atoms with van der Waals surface area (Å²) in [7, 11) is 0. The zero-order chi connectivity index (χ0) is 19.3. The maximum atomic E-state index is 12.4. The number of hydrogen-bond acceptors (Lipinski definition) is 1. The van der Waals surface area contributed by atoms with E-state index in [-0.39, 0.29) is 11.9 Å². The van der Waals surface area contributed by atoms with Crippen LogP contribution in [0.5, 0.6) is 0 Å². The minimum Gasteiger partial charge on any atom is -0.361 e. The number of carbonyl (C=O) groups is 1. The van der Waals surface area contributed by atoms with Gasteiger partial charge in [-0.05, 0) is 35.4 Å². The Kier molecular flexibility index (Phi) is 5.31. The van der Waals surface area contributed by atoms with Crippen LogP contribution in [0.2, 0.25) is 5.02 Å². The molecule has 0 saturated heterocycles. The van der Waals surface area contributed by atoms with Crippen LogP contribution in [0.15, 0.2) is 85.1 Å². The van der Waals surface area contributed by atoms with Crippen molar-refractivity contribution in [3.05, 3.63) is 101 Å². The van der Waals surface area contributed by atoms with E-state index in [9.17, 15) is 4.79 Å². The van der Waals surface area contributed by atoms with E-state index in [0.717, 1.165) is 22.0 Å². The number of hydrogen-bond donors (Lipinski definition) is 3. The first-order chi connectivity index (χ1) is 13.7. The number of fused-ring (bicyclic) bond motifs is 1. The first-order valence-corrected chi connectivity index (χ1v) is 9.50. The maximum absolute atomic E-state index is 12.4. The summed E-state index contributed by atoms with van der Waals surface area (Å²) >= 11 is 5.98. The zero-order valence-electron chi connectivity index (χ0n) is 15.2. The monoisotopic (exact) mass is 389 g/mol. The van der Waals surface area contributed by atoms with E-state index in [4.69, 9.17) is 11.6 Å². The Morgan fingerprint density at radius 2 is 1.75 bits per heavy atom. The average Bonchev–Trinajstić information content (AvgIpc) is 3.13. The van der Waals surface area contributed by atoms with E-state index in [0.29, 0.717) is 17.3 Å². The minimum absolute atomic E-state index is 0.0301. The van der Waals surface area contributed by atoms with Gasteiger partial charge in [-0.1, -0.05) is 66.2 Å². The molecule has 140 valence electrons. The van der Waals surface area contributed by atoms with Crippen LogP contribution in [-0.4, -0.2) is 17.6 Å². The fourth-order valence-corrected chi connectivity index (χ4v) is 3.60. The molecule has 0 aliphatic heterocycles. The molecule has 4 nitrogen and oxygen atoms in total. The van der Waals surface area contributed by atoms with Crippen molar-refractivity contribution < 1.29 is 4.79 Å². The second kappa shape index (κ2) is 8.19. The number of aromatic nitrogens is 1. The summed E-state index contributed by atoms with van der Waals surface area (Å²) in [6, 6.07) is 25.2. The van der Waals surface area contributed by atoms with Crippen molar-refractivity contribution in [2.45, 2.75) is 5.92 Å². The van der Waals surface area contributed by atoms with Gasteiger partial charge in [0.2, 0.25) is 0 Å². The SMILES string of the molecule is O=C(NC[C@@H](c1ccccc1)c1c[nH]c2ccccc12)Nc1cccc(Cl)c1. The molecular formula is C23H20ClN3O. The normalized spacial score (nSPS) is 11.9. The van der Waals surface area contributed by atoms with Crippen LogP contribution in [0, 0.1) is 0 Å². The lowest BCUT2D eigenvalue weighted by molar-refractivity contribution is 0.252. The quantitative estimate of drug-likeness (QED) is 0.398. The number of anilines is 1. The van der Waals surface area contributed by atoms with E-state index in [1.807, 2.05) is 36.5 Å². The summed E-state index contributed by atoms with van der Waals surface area (Å²) in [5, 5.41) is 7.57. The van der Waals surface area contributed by atoms with Crippen molar-refractivity contribution in [2.75, 3.05) is 11.9 Å². The number of H-pyrrole nitrogens is 1. The lowest BCUT2D eigenvalue weighted by Gasteiger charge is -2.18. The molecule has 5 heteroatoms. The largest absolute Gasteiger partial charge is 0.361 e. The van der Waals surface area contributed by atoms with Crippen molar-refractivity contribution in [3.8, 4) is 0 Å². The summed E-state index contributed by atoms with van der Waals surface area (Å²) in [6.07, 6.45) is 2.03. The number of urea groups is 1. The molecule has 0 radical (unpaired) electrons. The number of halogens is 1. The number of aromatic amines is 1. The minimum atomic E-state index is -0.261. The van der Waals surface area contributed by atoms with Crippen molar-refractivity contribution >= 4 is 34.2 Å². The standard InChI is InChI=1S/C23H20ClN3O/c24-17-9-6-10-18(13-17)27-23(28)26-14-20(16-7-2-1-3-8-16)21-15-25-22-12-5-4-11-19(21)22/h1-13,15,20,25H,14H2,(H2,26,27,28)/t20-/m0/s1. The van der Waals surface area contributed by atoms with Gasteiger partial charge in [0.25, 0.3) is 0 Å². The Bertz CT molecular complexity index is 1090. The van der Waals surface area contributed by atoms with Gasteiger partial charge in [0.05, 0.1) is 0 Å². The van der Waals surface area contributed by atoms with Crippen LogP contribution < -0.4 is 10.6 Å². The molecule has 1 heterocycles. The number of nitrogens with one attached hydrogen (secondary N) is 3. The van der Waals surface area contributed by atoms with Crippen LogP contribution in [0.4, 0.5) is 10.5 Å². The summed E-state index contributed by atoms with van der Waals surface area (Å²) in [6.45, 7) is 0.470. The summed E-state index contributed by atoms with van der Waals surface area (Å²) in [5.41, 5.74) is 4.05. The van der Waals surface area contributed by atoms with Crippen molar-refractivity contribution in [1.29, 1.82) is 0 Å². The van der Waals surface area contributed by atoms with Gasteiger partial charge in [0.1, 0.15) is 0 Å². The molecule has 2 amide bonds. The van der Waals surface area contributed by atoms with Gasteiger partial charge >= 0.3 is 6.03 Å². The van der Waals surface area contributed by atoms with Crippen LogP contribution in [0.25, 0.3) is 10.9 Å². The molecule has 4 rings (SSSR count). The number of benzene rings is 3. The van der Waals surface area contributed by atoms with Gasteiger partial charge in [-0.2, -0.15) is 0 Å². The first-order valence-electron chi connectivity index (χ1n) is 9.12. The van der Waals surface area contributed by atoms with E-state index in [1.54, 1.807) is 24.3 Å². The maximum Gasteiger partial charge on any atom is 0.319 e. The van der Waals surface area contributed by atoms with Crippen LogP contribution >= 0.6 is 11.6 Å². The number of carbonyl (C=O) groups excluding carboxylic acids is 1. The number of para-hydroxylation sites is 1. The smallest absolute Gasteiger partial charge is 0.319 e. The molecule has 0 aliphatic rings. The summed E-state index contributed by atoms with van der Waals surface area (Å²) < 4.78 is 0.